The summed E-state index contributed by atoms with van der Waals surface area (Å²) in [7, 11) is 0. The van der Waals surface area contributed by atoms with Crippen molar-refractivity contribution in [1.82, 2.24) is 4.98 Å². The fourth-order valence-electron chi connectivity index (χ4n) is 1.43. The number of hydrogen-bond acceptors (Lipinski definition) is 5. The number of anilines is 1. The van der Waals surface area contributed by atoms with E-state index in [1.807, 2.05) is 13.8 Å². The Morgan fingerprint density at radius 1 is 1.47 bits per heavy atom. The Labute approximate surface area is 115 Å². The number of hydrogen-bond donors (Lipinski definition) is 1. The van der Waals surface area contributed by atoms with Gasteiger partial charge in [0.1, 0.15) is 6.26 Å². The molecule has 0 bridgehead atoms. The van der Waals surface area contributed by atoms with Crippen LogP contribution in [0.2, 0.25) is 0 Å². The van der Waals surface area contributed by atoms with Gasteiger partial charge < -0.3 is 14.9 Å². The van der Waals surface area contributed by atoms with E-state index in [0.29, 0.717) is 22.4 Å². The monoisotopic (exact) mass is 282 g/mol. The zero-order chi connectivity index (χ0) is 13.8. The van der Waals surface area contributed by atoms with Crippen LogP contribution in [-0.2, 0) is 0 Å². The highest BCUT2D eigenvalue weighted by molar-refractivity contribution is 7.99. The zero-order valence-corrected chi connectivity index (χ0v) is 11.6. The lowest BCUT2D eigenvalue weighted by Crippen LogP contribution is -1.99. The fourth-order valence-corrected chi connectivity index (χ4v) is 2.25. The SMILES string of the molecule is CCCOc1cc(Sc2nc(C)co2)c(N)cc1F. The Balaban J connectivity index is 2.24. The van der Waals surface area contributed by atoms with Crippen LogP contribution in [0.3, 0.4) is 0 Å². The van der Waals surface area contributed by atoms with Gasteiger partial charge in [0.2, 0.25) is 0 Å². The maximum atomic E-state index is 13.6. The minimum atomic E-state index is -0.459. The highest BCUT2D eigenvalue weighted by atomic mass is 32.2. The van der Waals surface area contributed by atoms with Gasteiger partial charge in [0.05, 0.1) is 12.3 Å². The number of aryl methyl sites for hydroxylation is 1. The molecule has 1 heterocycles. The molecule has 2 aromatic rings. The van der Waals surface area contributed by atoms with E-state index in [1.165, 1.54) is 17.8 Å². The molecule has 6 heteroatoms. The summed E-state index contributed by atoms with van der Waals surface area (Å²) < 4.78 is 24.2. The second-order valence-electron chi connectivity index (χ2n) is 4.03. The Morgan fingerprint density at radius 3 is 2.89 bits per heavy atom. The summed E-state index contributed by atoms with van der Waals surface area (Å²) in [4.78, 5) is 4.83. The molecule has 0 unspecified atom stereocenters. The molecule has 0 spiro atoms. The van der Waals surface area contributed by atoms with Gasteiger partial charge in [-0.3, -0.25) is 0 Å². The van der Waals surface area contributed by atoms with Crippen molar-refractivity contribution >= 4 is 17.4 Å². The zero-order valence-electron chi connectivity index (χ0n) is 10.8. The summed E-state index contributed by atoms with van der Waals surface area (Å²) in [6.07, 6.45) is 2.36. The number of ether oxygens (including phenoxy) is 1. The first kappa shape index (κ1) is 13.7. The first-order valence-electron chi connectivity index (χ1n) is 5.92. The van der Waals surface area contributed by atoms with Gasteiger partial charge in [-0.2, -0.15) is 0 Å². The van der Waals surface area contributed by atoms with Gasteiger partial charge in [0, 0.05) is 16.6 Å². The van der Waals surface area contributed by atoms with Crippen molar-refractivity contribution in [2.45, 2.75) is 30.4 Å². The molecule has 0 aliphatic rings. The third-order valence-corrected chi connectivity index (χ3v) is 3.26. The van der Waals surface area contributed by atoms with Crippen molar-refractivity contribution in [2.75, 3.05) is 12.3 Å². The van der Waals surface area contributed by atoms with Gasteiger partial charge in [0.15, 0.2) is 11.6 Å². The van der Waals surface area contributed by atoms with E-state index in [4.69, 9.17) is 14.9 Å². The van der Waals surface area contributed by atoms with Crippen molar-refractivity contribution in [3.05, 3.63) is 29.9 Å². The van der Waals surface area contributed by atoms with E-state index in [9.17, 15) is 4.39 Å². The van der Waals surface area contributed by atoms with E-state index in [0.717, 1.165) is 12.1 Å². The maximum Gasteiger partial charge on any atom is 0.260 e. The first-order valence-corrected chi connectivity index (χ1v) is 6.73. The van der Waals surface area contributed by atoms with E-state index in [2.05, 4.69) is 4.98 Å². The average molecular weight is 282 g/mol. The minimum absolute atomic E-state index is 0.196. The largest absolute Gasteiger partial charge is 0.490 e. The van der Waals surface area contributed by atoms with Gasteiger partial charge >= 0.3 is 0 Å². The van der Waals surface area contributed by atoms with Crippen LogP contribution in [0.15, 0.2) is 32.9 Å². The van der Waals surface area contributed by atoms with E-state index in [-0.39, 0.29) is 5.75 Å². The van der Waals surface area contributed by atoms with Crippen molar-refractivity contribution in [2.24, 2.45) is 0 Å². The number of nitrogens with two attached hydrogens (primary N) is 1. The second kappa shape index (κ2) is 5.97. The van der Waals surface area contributed by atoms with Crippen molar-refractivity contribution < 1.29 is 13.5 Å². The van der Waals surface area contributed by atoms with Crippen LogP contribution >= 0.6 is 11.8 Å². The van der Waals surface area contributed by atoms with Crippen molar-refractivity contribution in [1.29, 1.82) is 0 Å². The third-order valence-electron chi connectivity index (χ3n) is 2.32. The van der Waals surface area contributed by atoms with Gasteiger partial charge in [-0.1, -0.05) is 6.92 Å². The van der Waals surface area contributed by atoms with Crippen LogP contribution in [0, 0.1) is 12.7 Å². The number of oxazole rings is 1. The molecule has 0 aliphatic carbocycles. The van der Waals surface area contributed by atoms with Gasteiger partial charge in [-0.05, 0) is 31.2 Å². The normalized spacial score (nSPS) is 10.7. The van der Waals surface area contributed by atoms with Crippen molar-refractivity contribution in [3.63, 3.8) is 0 Å². The highest BCUT2D eigenvalue weighted by Gasteiger charge is 2.12. The number of nitrogens with zero attached hydrogens (tertiary/aromatic N) is 1. The van der Waals surface area contributed by atoms with Gasteiger partial charge in [0.25, 0.3) is 5.22 Å². The molecular formula is C13H15FN2O2S. The molecule has 4 nitrogen and oxygen atoms in total. The lowest BCUT2D eigenvalue weighted by Gasteiger charge is -2.09. The fraction of sp³-hybridized carbons (Fsp3) is 0.308. The summed E-state index contributed by atoms with van der Waals surface area (Å²) >= 11 is 1.24. The summed E-state index contributed by atoms with van der Waals surface area (Å²) in [5, 5.41) is 0.470. The Bertz CT molecular complexity index is 572. The smallest absolute Gasteiger partial charge is 0.260 e. The first-order chi connectivity index (χ1) is 9.10. The third kappa shape index (κ3) is 3.41. The van der Waals surface area contributed by atoms with Crippen LogP contribution in [0.1, 0.15) is 19.0 Å². The molecule has 0 aliphatic heterocycles. The highest BCUT2D eigenvalue weighted by Crippen LogP contribution is 2.35. The van der Waals surface area contributed by atoms with Crippen LogP contribution in [0.4, 0.5) is 10.1 Å². The maximum absolute atomic E-state index is 13.6. The van der Waals surface area contributed by atoms with Gasteiger partial charge in [-0.25, -0.2) is 9.37 Å². The standard InChI is InChI=1S/C13H15FN2O2S/c1-3-4-17-11-6-12(10(15)5-9(11)14)19-13-16-8(2)7-18-13/h5-7H,3-4,15H2,1-2H3. The molecule has 0 saturated heterocycles. The van der Waals surface area contributed by atoms with E-state index >= 15 is 0 Å². The molecule has 0 atom stereocenters. The van der Waals surface area contributed by atoms with Crippen LogP contribution in [-0.4, -0.2) is 11.6 Å². The summed E-state index contributed by atoms with van der Waals surface area (Å²) in [5.41, 5.74) is 6.91. The number of aromatic nitrogens is 1. The summed E-state index contributed by atoms with van der Waals surface area (Å²) in [5.74, 6) is -0.263. The minimum Gasteiger partial charge on any atom is -0.490 e. The Kier molecular flexibility index (Phi) is 4.31. The lowest BCUT2D eigenvalue weighted by atomic mass is 10.3. The Hall–Kier alpha value is -1.69. The average Bonchev–Trinajstić information content (AvgIpc) is 2.77. The number of rotatable bonds is 5. The molecule has 0 saturated carbocycles. The molecular weight excluding hydrogens is 267 g/mol. The summed E-state index contributed by atoms with van der Waals surface area (Å²) in [6.45, 7) is 4.25. The Morgan fingerprint density at radius 2 is 2.26 bits per heavy atom. The molecule has 0 fully saturated rings. The number of halogens is 1. The van der Waals surface area contributed by atoms with Crippen molar-refractivity contribution in [3.8, 4) is 5.75 Å². The lowest BCUT2D eigenvalue weighted by molar-refractivity contribution is 0.300. The number of nitrogen functional groups attached to an aromatic ring is 1. The van der Waals surface area contributed by atoms with E-state index in [1.54, 1.807) is 12.3 Å². The second-order valence-corrected chi connectivity index (χ2v) is 5.02. The summed E-state index contributed by atoms with van der Waals surface area (Å²) in [6, 6.07) is 2.83. The van der Waals surface area contributed by atoms with Crippen LogP contribution < -0.4 is 10.5 Å². The molecule has 1 aromatic heterocycles. The molecule has 1 aromatic carbocycles. The predicted octanol–water partition coefficient (Wildman–Crippen LogP) is 3.64. The van der Waals surface area contributed by atoms with Crippen LogP contribution in [0.25, 0.3) is 0 Å². The molecule has 102 valence electrons. The molecule has 2 N–H and O–H groups in total. The molecule has 19 heavy (non-hydrogen) atoms. The quantitative estimate of drug-likeness (QED) is 0.848. The number of benzene rings is 1. The van der Waals surface area contributed by atoms with Crippen LogP contribution in [0.5, 0.6) is 5.75 Å². The molecule has 0 amide bonds. The topological polar surface area (TPSA) is 61.3 Å². The van der Waals surface area contributed by atoms with Gasteiger partial charge in [-0.15, -0.1) is 0 Å². The molecule has 2 rings (SSSR count). The molecule has 0 radical (unpaired) electrons. The predicted molar refractivity (Wildman–Crippen MR) is 72.0 cm³/mol. The van der Waals surface area contributed by atoms with E-state index < -0.39 is 5.82 Å².